The smallest absolute Gasteiger partial charge is 0.265 e. The van der Waals surface area contributed by atoms with Crippen molar-refractivity contribution in [1.82, 2.24) is 4.90 Å². The Morgan fingerprint density at radius 1 is 1.03 bits per heavy atom. The molecule has 0 spiro atoms. The van der Waals surface area contributed by atoms with Crippen LogP contribution < -0.4 is 13.9 Å². The molecule has 2 aromatic rings. The molecule has 0 unspecified atom stereocenters. The summed E-state index contributed by atoms with van der Waals surface area (Å²) in [6.45, 7) is 2.13. The number of benzene rings is 2. The zero-order valence-corrected chi connectivity index (χ0v) is 16.8. The highest BCUT2D eigenvalue weighted by molar-refractivity contribution is 7.92. The van der Waals surface area contributed by atoms with Crippen molar-refractivity contribution in [3.05, 3.63) is 54.3 Å². The van der Waals surface area contributed by atoms with Gasteiger partial charge in [-0.25, -0.2) is 12.8 Å². The van der Waals surface area contributed by atoms with Crippen LogP contribution in [0.5, 0.6) is 5.75 Å². The molecule has 1 fully saturated rings. The Kier molecular flexibility index (Phi) is 5.08. The minimum absolute atomic E-state index is 0.0488. The highest BCUT2D eigenvalue weighted by atomic mass is 32.2. The van der Waals surface area contributed by atoms with Gasteiger partial charge in [-0.05, 0) is 36.4 Å². The van der Waals surface area contributed by atoms with Crippen molar-refractivity contribution in [1.29, 1.82) is 0 Å². The van der Waals surface area contributed by atoms with Gasteiger partial charge < -0.3 is 14.5 Å². The van der Waals surface area contributed by atoms with Crippen LogP contribution in [0, 0.1) is 5.82 Å². The number of carbonyl (C=O) groups is 1. The zero-order valence-electron chi connectivity index (χ0n) is 16.0. The van der Waals surface area contributed by atoms with Gasteiger partial charge in [-0.1, -0.05) is 12.1 Å². The third kappa shape index (κ3) is 4.00. The maximum Gasteiger partial charge on any atom is 0.265 e. The fourth-order valence-corrected chi connectivity index (χ4v) is 4.60. The van der Waals surface area contributed by atoms with Crippen molar-refractivity contribution in [3.63, 3.8) is 0 Å². The second kappa shape index (κ2) is 7.55. The molecule has 0 radical (unpaired) electrons. The fraction of sp³-hybridized carbons (Fsp3) is 0.350. The first-order valence-electron chi connectivity index (χ1n) is 9.35. The summed E-state index contributed by atoms with van der Waals surface area (Å²) in [6, 6.07) is 13.1. The number of fused-ring (bicyclic) bond motifs is 1. The third-order valence-corrected chi connectivity index (χ3v) is 6.34. The molecule has 2 heterocycles. The first-order valence-corrected chi connectivity index (χ1v) is 11.2. The van der Waals surface area contributed by atoms with Gasteiger partial charge in [-0.2, -0.15) is 0 Å². The van der Waals surface area contributed by atoms with E-state index in [9.17, 15) is 17.6 Å². The van der Waals surface area contributed by atoms with E-state index < -0.39 is 16.1 Å². The van der Waals surface area contributed by atoms with Gasteiger partial charge in [0.2, 0.25) is 10.0 Å². The average molecular weight is 419 g/mol. The van der Waals surface area contributed by atoms with Crippen molar-refractivity contribution >= 4 is 27.3 Å². The Morgan fingerprint density at radius 2 is 1.69 bits per heavy atom. The van der Waals surface area contributed by atoms with Crippen LogP contribution in [0.4, 0.5) is 15.8 Å². The number of hydrogen-bond acceptors (Lipinski definition) is 5. The van der Waals surface area contributed by atoms with Gasteiger partial charge in [0.15, 0.2) is 6.10 Å². The standard InChI is InChI=1S/C20H22FN3O4S/c1-29(26,27)24-14-19(28-18-5-3-2-4-17(18)24)20(25)23-12-10-22(11-13-23)16-8-6-15(21)7-9-16/h2-9,19H,10-14H2,1H3/t19-/m0/s1. The second-order valence-electron chi connectivity index (χ2n) is 7.16. The maximum absolute atomic E-state index is 13.1. The van der Waals surface area contributed by atoms with Gasteiger partial charge in [-0.15, -0.1) is 0 Å². The summed E-state index contributed by atoms with van der Waals surface area (Å²) in [5.74, 6) is -0.132. The molecule has 29 heavy (non-hydrogen) atoms. The Balaban J connectivity index is 1.46. The van der Waals surface area contributed by atoms with Gasteiger partial charge >= 0.3 is 0 Å². The number of ether oxygens (including phenoxy) is 1. The van der Waals surface area contributed by atoms with Gasteiger partial charge in [0.05, 0.1) is 18.5 Å². The Morgan fingerprint density at radius 3 is 2.34 bits per heavy atom. The van der Waals surface area contributed by atoms with Crippen LogP contribution in [0.15, 0.2) is 48.5 Å². The van der Waals surface area contributed by atoms with E-state index in [-0.39, 0.29) is 18.3 Å². The van der Waals surface area contributed by atoms with Crippen LogP contribution in [0.2, 0.25) is 0 Å². The van der Waals surface area contributed by atoms with E-state index in [1.54, 1.807) is 41.3 Å². The van der Waals surface area contributed by atoms with E-state index in [1.807, 2.05) is 0 Å². The number of sulfonamides is 1. The number of carbonyl (C=O) groups excluding carboxylic acids is 1. The molecule has 4 rings (SSSR count). The first-order chi connectivity index (χ1) is 13.8. The number of piperazine rings is 1. The van der Waals surface area contributed by atoms with Crippen LogP contribution in [0.25, 0.3) is 0 Å². The lowest BCUT2D eigenvalue weighted by Gasteiger charge is -2.40. The minimum Gasteiger partial charge on any atom is -0.476 e. The summed E-state index contributed by atoms with van der Waals surface area (Å²) in [4.78, 5) is 16.8. The molecule has 0 saturated carbocycles. The molecule has 0 aromatic heterocycles. The number of rotatable bonds is 3. The molecular weight excluding hydrogens is 397 g/mol. The van der Waals surface area contributed by atoms with E-state index >= 15 is 0 Å². The Labute approximate surface area is 169 Å². The number of hydrogen-bond donors (Lipinski definition) is 0. The minimum atomic E-state index is -3.54. The van der Waals surface area contributed by atoms with Crippen molar-refractivity contribution in [2.45, 2.75) is 6.10 Å². The van der Waals surface area contributed by atoms with E-state index in [2.05, 4.69) is 4.90 Å². The normalized spacial score (nSPS) is 19.5. The van der Waals surface area contributed by atoms with Crippen LogP contribution in [0.3, 0.4) is 0 Å². The molecule has 7 nitrogen and oxygen atoms in total. The summed E-state index contributed by atoms with van der Waals surface area (Å²) in [5.41, 5.74) is 1.35. The average Bonchev–Trinajstić information content (AvgIpc) is 2.72. The predicted octanol–water partition coefficient (Wildman–Crippen LogP) is 1.70. The first kappa shape index (κ1) is 19.5. The summed E-state index contributed by atoms with van der Waals surface area (Å²) >= 11 is 0. The quantitative estimate of drug-likeness (QED) is 0.758. The number of anilines is 2. The van der Waals surface area contributed by atoms with E-state index in [0.717, 1.165) is 11.9 Å². The van der Waals surface area contributed by atoms with Crippen LogP contribution >= 0.6 is 0 Å². The van der Waals surface area contributed by atoms with E-state index in [1.165, 1.54) is 16.4 Å². The molecule has 1 saturated heterocycles. The summed E-state index contributed by atoms with van der Waals surface area (Å²) < 4.78 is 44.6. The second-order valence-corrected chi connectivity index (χ2v) is 9.06. The van der Waals surface area contributed by atoms with Crippen molar-refractivity contribution in [2.75, 3.05) is 48.2 Å². The monoisotopic (exact) mass is 419 g/mol. The molecule has 1 amide bonds. The summed E-state index contributed by atoms with van der Waals surface area (Å²) in [7, 11) is -3.54. The largest absolute Gasteiger partial charge is 0.476 e. The Bertz CT molecular complexity index is 1000. The fourth-order valence-electron chi connectivity index (χ4n) is 3.69. The SMILES string of the molecule is CS(=O)(=O)N1C[C@@H](C(=O)N2CCN(c3ccc(F)cc3)CC2)Oc2ccccc21. The van der Waals surface area contributed by atoms with E-state index in [0.29, 0.717) is 37.6 Å². The van der Waals surface area contributed by atoms with Crippen molar-refractivity contribution in [3.8, 4) is 5.75 Å². The summed E-state index contributed by atoms with van der Waals surface area (Å²) in [5, 5.41) is 0. The molecule has 154 valence electrons. The molecular formula is C20H22FN3O4S. The molecule has 1 atom stereocenters. The lowest BCUT2D eigenvalue weighted by Crippen LogP contribution is -2.56. The van der Waals surface area contributed by atoms with Gasteiger partial charge in [0, 0.05) is 31.9 Å². The number of nitrogens with zero attached hydrogens (tertiary/aromatic N) is 3. The lowest BCUT2D eigenvalue weighted by atomic mass is 10.2. The van der Waals surface area contributed by atoms with Crippen molar-refractivity contribution in [2.24, 2.45) is 0 Å². The van der Waals surface area contributed by atoms with E-state index in [4.69, 9.17) is 4.74 Å². The predicted molar refractivity (Wildman–Crippen MR) is 108 cm³/mol. The third-order valence-electron chi connectivity index (χ3n) is 5.19. The highest BCUT2D eigenvalue weighted by Gasteiger charge is 2.37. The molecule has 2 aliphatic heterocycles. The number of halogens is 1. The van der Waals surface area contributed by atoms with Crippen LogP contribution in [0.1, 0.15) is 0 Å². The molecule has 0 N–H and O–H groups in total. The molecule has 2 aromatic carbocycles. The zero-order chi connectivity index (χ0) is 20.6. The number of amides is 1. The maximum atomic E-state index is 13.1. The van der Waals surface area contributed by atoms with Crippen LogP contribution in [-0.2, 0) is 14.8 Å². The van der Waals surface area contributed by atoms with Crippen molar-refractivity contribution < 1.29 is 22.3 Å². The number of para-hydroxylation sites is 2. The molecule has 0 aliphatic carbocycles. The topological polar surface area (TPSA) is 70.2 Å². The molecule has 9 heteroatoms. The Hall–Kier alpha value is -2.81. The van der Waals surface area contributed by atoms with Crippen LogP contribution in [-0.4, -0.2) is 64.3 Å². The van der Waals surface area contributed by atoms with Gasteiger partial charge in [-0.3, -0.25) is 9.10 Å². The van der Waals surface area contributed by atoms with Gasteiger partial charge in [0.1, 0.15) is 11.6 Å². The lowest BCUT2D eigenvalue weighted by molar-refractivity contribution is -0.138. The molecule has 0 bridgehead atoms. The molecule has 2 aliphatic rings. The summed E-state index contributed by atoms with van der Waals surface area (Å²) in [6.07, 6.45) is 0.231. The highest BCUT2D eigenvalue weighted by Crippen LogP contribution is 2.35. The van der Waals surface area contributed by atoms with Gasteiger partial charge in [0.25, 0.3) is 5.91 Å².